The van der Waals surface area contributed by atoms with E-state index in [0.717, 1.165) is 5.56 Å². The van der Waals surface area contributed by atoms with Crippen LogP contribution in [0.5, 0.6) is 0 Å². The van der Waals surface area contributed by atoms with Gasteiger partial charge < -0.3 is 9.47 Å². The third-order valence-corrected chi connectivity index (χ3v) is 5.29. The summed E-state index contributed by atoms with van der Waals surface area (Å²) in [5.74, 6) is -0.215. The number of hydrogen-bond donors (Lipinski definition) is 0. The molecule has 1 amide bonds. The van der Waals surface area contributed by atoms with Gasteiger partial charge >= 0.3 is 0 Å². The molecular formula is C21H23ClN2O4. The van der Waals surface area contributed by atoms with Crippen molar-refractivity contribution >= 4 is 29.1 Å². The lowest BCUT2D eigenvalue weighted by atomic mass is 9.85. The van der Waals surface area contributed by atoms with Gasteiger partial charge in [0.05, 0.1) is 5.92 Å². The average Bonchev–Trinajstić information content (AvgIpc) is 3.06. The number of amides is 1. The first kappa shape index (κ1) is 20.5. The van der Waals surface area contributed by atoms with Gasteiger partial charge in [0, 0.05) is 44.7 Å². The number of hydrogen-bond acceptors (Lipinski definition) is 5. The van der Waals surface area contributed by atoms with Gasteiger partial charge in [0.25, 0.3) is 0 Å². The summed E-state index contributed by atoms with van der Waals surface area (Å²) in [6.07, 6.45) is -0.233. The van der Waals surface area contributed by atoms with Crippen molar-refractivity contribution in [2.75, 3.05) is 25.7 Å². The standard InChI is InChI=1S/C21H23ClN2O4/c1-13(25)24-12-15(16-9-10-18(22)23-20(16)24)11-17(21(27-2)28-3)19(26)14-7-5-4-6-8-14/h4-10,15,17,21H,11-12H2,1-3H3. The molecule has 7 heteroatoms. The number of ether oxygens (including phenoxy) is 2. The van der Waals surface area contributed by atoms with E-state index in [-0.39, 0.29) is 17.6 Å². The van der Waals surface area contributed by atoms with Gasteiger partial charge in [-0.3, -0.25) is 14.5 Å². The van der Waals surface area contributed by atoms with E-state index in [1.165, 1.54) is 21.1 Å². The summed E-state index contributed by atoms with van der Waals surface area (Å²) in [7, 11) is 3.04. The molecule has 1 aromatic heterocycles. The Morgan fingerprint density at radius 1 is 1.18 bits per heavy atom. The van der Waals surface area contributed by atoms with Crippen molar-refractivity contribution in [1.82, 2.24) is 4.98 Å². The molecule has 0 radical (unpaired) electrons. The SMILES string of the molecule is COC(OC)C(CC1CN(C(C)=O)c2nc(Cl)ccc21)C(=O)c1ccccc1. The van der Waals surface area contributed by atoms with Gasteiger partial charge in [0.15, 0.2) is 12.1 Å². The maximum absolute atomic E-state index is 13.2. The Morgan fingerprint density at radius 2 is 1.86 bits per heavy atom. The van der Waals surface area contributed by atoms with Crippen molar-refractivity contribution in [3.05, 3.63) is 58.7 Å². The molecule has 0 fully saturated rings. The van der Waals surface area contributed by atoms with Crippen LogP contribution >= 0.6 is 11.6 Å². The van der Waals surface area contributed by atoms with Crippen LogP contribution in [0.4, 0.5) is 5.82 Å². The second-order valence-electron chi connectivity index (χ2n) is 6.79. The molecule has 0 spiro atoms. The molecule has 0 N–H and O–H groups in total. The largest absolute Gasteiger partial charge is 0.355 e. The normalized spacial score (nSPS) is 16.9. The van der Waals surface area contributed by atoms with Crippen molar-refractivity contribution in [3.8, 4) is 0 Å². The molecule has 0 saturated heterocycles. The number of ketones is 1. The number of aromatic nitrogens is 1. The third kappa shape index (κ3) is 4.09. The molecule has 2 aromatic rings. The van der Waals surface area contributed by atoms with Crippen LogP contribution in [-0.4, -0.2) is 43.7 Å². The topological polar surface area (TPSA) is 68.7 Å². The van der Waals surface area contributed by atoms with Gasteiger partial charge in [-0.25, -0.2) is 4.98 Å². The number of nitrogens with zero attached hydrogens (tertiary/aromatic N) is 2. The Morgan fingerprint density at radius 3 is 2.46 bits per heavy atom. The highest BCUT2D eigenvalue weighted by atomic mass is 35.5. The van der Waals surface area contributed by atoms with Gasteiger partial charge in [-0.2, -0.15) is 0 Å². The molecule has 1 aliphatic rings. The summed E-state index contributed by atoms with van der Waals surface area (Å²) in [5.41, 5.74) is 1.50. The Balaban J connectivity index is 1.93. The molecular weight excluding hydrogens is 380 g/mol. The number of fused-ring (bicyclic) bond motifs is 1. The second kappa shape index (κ2) is 8.82. The van der Waals surface area contributed by atoms with Gasteiger partial charge in [-0.1, -0.05) is 48.0 Å². The fraction of sp³-hybridized carbons (Fsp3) is 0.381. The predicted octanol–water partition coefficient (Wildman–Crippen LogP) is 3.69. The zero-order chi connectivity index (χ0) is 20.3. The first-order valence-corrected chi connectivity index (χ1v) is 9.43. The van der Waals surface area contributed by atoms with Crippen molar-refractivity contribution in [2.24, 2.45) is 5.92 Å². The number of pyridine rings is 1. The Kier molecular flexibility index (Phi) is 6.44. The number of halogens is 1. The Hall–Kier alpha value is -2.28. The fourth-order valence-corrected chi connectivity index (χ4v) is 3.89. The van der Waals surface area contributed by atoms with E-state index in [2.05, 4.69) is 4.98 Å². The van der Waals surface area contributed by atoms with Crippen LogP contribution in [0.3, 0.4) is 0 Å². The molecule has 3 rings (SSSR count). The Bertz CT molecular complexity index is 855. The van der Waals surface area contributed by atoms with E-state index in [0.29, 0.717) is 29.5 Å². The van der Waals surface area contributed by atoms with Crippen molar-refractivity contribution in [2.45, 2.75) is 25.6 Å². The highest BCUT2D eigenvalue weighted by Crippen LogP contribution is 2.40. The molecule has 0 bridgehead atoms. The lowest BCUT2D eigenvalue weighted by molar-refractivity contribution is -0.128. The van der Waals surface area contributed by atoms with Crippen LogP contribution in [0.2, 0.25) is 5.15 Å². The number of methoxy groups -OCH3 is 2. The number of rotatable bonds is 7. The minimum atomic E-state index is -0.692. The van der Waals surface area contributed by atoms with E-state index in [1.54, 1.807) is 23.1 Å². The highest BCUT2D eigenvalue weighted by Gasteiger charge is 2.38. The van der Waals surface area contributed by atoms with Gasteiger partial charge in [0.1, 0.15) is 11.0 Å². The predicted molar refractivity (Wildman–Crippen MR) is 107 cm³/mol. The quantitative estimate of drug-likeness (QED) is 0.401. The van der Waals surface area contributed by atoms with Gasteiger partial charge in [-0.05, 0) is 12.5 Å². The number of carbonyl (C=O) groups is 2. The summed E-state index contributed by atoms with van der Waals surface area (Å²) in [5, 5.41) is 0.328. The molecule has 0 saturated carbocycles. The Labute approximate surface area is 169 Å². The lowest BCUT2D eigenvalue weighted by Crippen LogP contribution is -2.34. The van der Waals surface area contributed by atoms with E-state index in [1.807, 2.05) is 24.3 Å². The van der Waals surface area contributed by atoms with E-state index < -0.39 is 12.2 Å². The van der Waals surface area contributed by atoms with Crippen LogP contribution < -0.4 is 4.90 Å². The highest BCUT2D eigenvalue weighted by molar-refractivity contribution is 6.29. The smallest absolute Gasteiger partial charge is 0.225 e. The van der Waals surface area contributed by atoms with Gasteiger partial charge in [0.2, 0.25) is 5.91 Å². The molecule has 2 heterocycles. The minimum absolute atomic E-state index is 0.0564. The van der Waals surface area contributed by atoms with Crippen LogP contribution in [0, 0.1) is 5.92 Å². The second-order valence-corrected chi connectivity index (χ2v) is 7.17. The molecule has 1 aromatic carbocycles. The average molecular weight is 403 g/mol. The van der Waals surface area contributed by atoms with Crippen LogP contribution in [0.1, 0.15) is 35.2 Å². The summed E-state index contributed by atoms with van der Waals surface area (Å²) in [4.78, 5) is 31.2. The zero-order valence-electron chi connectivity index (χ0n) is 16.1. The first-order chi connectivity index (χ1) is 13.5. The fourth-order valence-electron chi connectivity index (χ4n) is 3.74. The molecule has 2 atom stereocenters. The van der Waals surface area contributed by atoms with Crippen LogP contribution in [0.25, 0.3) is 0 Å². The van der Waals surface area contributed by atoms with E-state index >= 15 is 0 Å². The molecule has 148 valence electrons. The third-order valence-electron chi connectivity index (χ3n) is 5.08. The first-order valence-electron chi connectivity index (χ1n) is 9.05. The van der Waals surface area contributed by atoms with E-state index in [9.17, 15) is 9.59 Å². The lowest BCUT2D eigenvalue weighted by Gasteiger charge is -2.26. The van der Waals surface area contributed by atoms with Crippen LogP contribution in [0.15, 0.2) is 42.5 Å². The molecule has 0 aliphatic carbocycles. The summed E-state index contributed by atoms with van der Waals surface area (Å²) < 4.78 is 10.9. The summed E-state index contributed by atoms with van der Waals surface area (Å²) in [6, 6.07) is 12.7. The minimum Gasteiger partial charge on any atom is -0.355 e. The molecule has 1 aliphatic heterocycles. The maximum Gasteiger partial charge on any atom is 0.225 e. The summed E-state index contributed by atoms with van der Waals surface area (Å²) >= 11 is 6.03. The monoisotopic (exact) mass is 402 g/mol. The zero-order valence-corrected chi connectivity index (χ0v) is 16.8. The number of anilines is 1. The van der Waals surface area contributed by atoms with E-state index in [4.69, 9.17) is 21.1 Å². The molecule has 28 heavy (non-hydrogen) atoms. The maximum atomic E-state index is 13.2. The van der Waals surface area contributed by atoms with Gasteiger partial charge in [-0.15, -0.1) is 0 Å². The van der Waals surface area contributed by atoms with Crippen molar-refractivity contribution in [1.29, 1.82) is 0 Å². The number of carbonyl (C=O) groups excluding carboxylic acids is 2. The van der Waals surface area contributed by atoms with Crippen LogP contribution in [-0.2, 0) is 14.3 Å². The van der Waals surface area contributed by atoms with Crippen molar-refractivity contribution in [3.63, 3.8) is 0 Å². The van der Waals surface area contributed by atoms with Crippen molar-refractivity contribution < 1.29 is 19.1 Å². The number of benzene rings is 1. The molecule has 6 nitrogen and oxygen atoms in total. The molecule has 2 unspecified atom stereocenters. The summed E-state index contributed by atoms with van der Waals surface area (Å²) in [6.45, 7) is 1.94. The number of Topliss-reactive ketones (excluding diaryl/α,β-unsaturated/α-hetero) is 1.